The Bertz CT molecular complexity index is 1860. The van der Waals surface area contributed by atoms with Crippen LogP contribution in [0.1, 0.15) is 100 Å². The van der Waals surface area contributed by atoms with E-state index in [1.165, 1.54) is 143 Å². The minimum atomic E-state index is -0.826. The number of halogens is 2. The van der Waals surface area contributed by atoms with Crippen LogP contribution < -0.4 is 0 Å². The summed E-state index contributed by atoms with van der Waals surface area (Å²) in [6, 6.07) is 41.0. The molecule has 0 spiro atoms. The molecular weight excluding hydrogens is 791 g/mol. The molecule has 282 valence electrons. The molecule has 0 saturated heterocycles. The first kappa shape index (κ1) is 42.9. The van der Waals surface area contributed by atoms with Gasteiger partial charge in [-0.2, -0.15) is 12.1 Å². The Balaban J connectivity index is 0.000000182. The SMILES string of the molecule is C[Si]C.Cc1ccc(-c2cccc3[cH-]c(CC4(C)CCCCC4)cc23)cc1.Cc1ccc(-c2cccc3[cH-]c(CC4(C)CCCCC4)cc23)cc1.[Cl][Zr+2][Cl]. The van der Waals surface area contributed by atoms with Crippen LogP contribution in [0.25, 0.3) is 43.8 Å². The zero-order chi connectivity index (χ0) is 38.6. The van der Waals surface area contributed by atoms with Crippen LogP contribution in [0.4, 0.5) is 0 Å². The van der Waals surface area contributed by atoms with Gasteiger partial charge in [0.05, 0.1) is 0 Å². The molecule has 8 rings (SSSR count). The van der Waals surface area contributed by atoms with Gasteiger partial charge >= 0.3 is 37.9 Å². The molecule has 0 aliphatic heterocycles. The zero-order valence-electron chi connectivity index (χ0n) is 33.6. The van der Waals surface area contributed by atoms with Crippen LogP contribution in [0.15, 0.2) is 109 Å². The Hall–Kier alpha value is -2.22. The molecule has 6 aromatic carbocycles. The molecule has 0 aromatic heterocycles. The van der Waals surface area contributed by atoms with E-state index in [0.29, 0.717) is 10.8 Å². The Morgan fingerprint density at radius 2 is 0.889 bits per heavy atom. The van der Waals surface area contributed by atoms with E-state index >= 15 is 0 Å². The van der Waals surface area contributed by atoms with Gasteiger partial charge in [-0.1, -0.05) is 148 Å². The first-order valence-electron chi connectivity index (χ1n) is 20.1. The third-order valence-electron chi connectivity index (χ3n) is 11.7. The number of aryl methyl sites for hydroxylation is 2. The Kier molecular flexibility index (Phi) is 16.5. The van der Waals surface area contributed by atoms with E-state index in [1.54, 1.807) is 0 Å². The summed E-state index contributed by atoms with van der Waals surface area (Å²) < 4.78 is 0. The van der Waals surface area contributed by atoms with Crippen LogP contribution in [0.5, 0.6) is 0 Å². The second-order valence-electron chi connectivity index (χ2n) is 16.7. The number of hydrogen-bond donors (Lipinski definition) is 0. The van der Waals surface area contributed by atoms with Gasteiger partial charge in [0, 0.05) is 9.52 Å². The second kappa shape index (κ2) is 20.8. The average molecular weight is 851 g/mol. The molecule has 2 radical (unpaired) electrons. The Morgan fingerprint density at radius 3 is 1.22 bits per heavy atom. The molecule has 0 bridgehead atoms. The van der Waals surface area contributed by atoms with Gasteiger partial charge in [-0.15, -0.1) is 69.1 Å². The summed E-state index contributed by atoms with van der Waals surface area (Å²) >= 11 is -0.826. The quantitative estimate of drug-likeness (QED) is 0.116. The summed E-state index contributed by atoms with van der Waals surface area (Å²) in [4.78, 5) is 0. The van der Waals surface area contributed by atoms with Crippen molar-refractivity contribution in [2.45, 2.75) is 118 Å². The molecule has 0 unspecified atom stereocenters. The summed E-state index contributed by atoms with van der Waals surface area (Å²) in [5.41, 5.74) is 12.1. The van der Waals surface area contributed by atoms with E-state index in [9.17, 15) is 0 Å². The first-order valence-corrected chi connectivity index (χ1v) is 28.5. The van der Waals surface area contributed by atoms with Crippen molar-refractivity contribution < 1.29 is 20.8 Å². The Labute approximate surface area is 348 Å². The molecule has 2 saturated carbocycles. The fourth-order valence-corrected chi connectivity index (χ4v) is 8.92. The summed E-state index contributed by atoms with van der Waals surface area (Å²) in [5, 5.41) is 5.61. The normalized spacial score (nSPS) is 15.9. The van der Waals surface area contributed by atoms with Gasteiger partial charge in [-0.25, -0.2) is 0 Å². The maximum atomic E-state index is 4.93. The van der Waals surface area contributed by atoms with Crippen LogP contribution >= 0.6 is 17.0 Å². The van der Waals surface area contributed by atoms with Crippen molar-refractivity contribution in [3.05, 3.63) is 131 Å². The molecule has 0 heterocycles. The van der Waals surface area contributed by atoms with Gasteiger partial charge in [0.2, 0.25) is 0 Å². The number of hydrogen-bond acceptors (Lipinski definition) is 0. The molecule has 0 amide bonds. The molecule has 6 aromatic rings. The van der Waals surface area contributed by atoms with Gasteiger partial charge < -0.3 is 0 Å². The zero-order valence-corrected chi connectivity index (χ0v) is 38.6. The summed E-state index contributed by atoms with van der Waals surface area (Å²) in [7, 11) is 11.0. The standard InChI is InChI=1S/2C24H27.C2H6Si.2ClH.Zr/c2*1-18-9-11-20(12-10-18)22-8-6-7-21-15-19(16-23(21)22)17-24(2)13-4-3-5-14-24;1-3-2;;;/h2*6-12,15-16H,3-5,13-14,17H2,1-2H3;1-2H3;2*1H;/q2*-1;;;;+4/p-2. The molecule has 0 nitrogen and oxygen atoms in total. The summed E-state index contributed by atoms with van der Waals surface area (Å²) in [6.07, 6.45) is 16.5. The van der Waals surface area contributed by atoms with Crippen molar-refractivity contribution in [3.8, 4) is 22.3 Å². The molecule has 4 heteroatoms. The predicted octanol–water partition coefficient (Wildman–Crippen LogP) is 16.3. The van der Waals surface area contributed by atoms with Gasteiger partial charge in [0.1, 0.15) is 0 Å². The minimum absolute atomic E-state index is 0.507. The number of fused-ring (bicyclic) bond motifs is 2. The summed E-state index contributed by atoms with van der Waals surface area (Å²) in [5.74, 6) is 0. The third kappa shape index (κ3) is 11.9. The molecule has 0 N–H and O–H groups in total. The van der Waals surface area contributed by atoms with Crippen molar-refractivity contribution in [1.29, 1.82) is 0 Å². The molecule has 2 aliphatic rings. The Morgan fingerprint density at radius 1 is 0.556 bits per heavy atom. The molecule has 54 heavy (non-hydrogen) atoms. The van der Waals surface area contributed by atoms with Crippen molar-refractivity contribution >= 4 is 48.1 Å². The molecule has 2 aliphatic carbocycles. The van der Waals surface area contributed by atoms with E-state index in [2.05, 4.69) is 150 Å². The van der Waals surface area contributed by atoms with Gasteiger partial charge in [0.25, 0.3) is 0 Å². The van der Waals surface area contributed by atoms with E-state index in [0.717, 1.165) is 9.52 Å². The first-order chi connectivity index (χ1) is 26.1. The van der Waals surface area contributed by atoms with Crippen molar-refractivity contribution in [3.63, 3.8) is 0 Å². The van der Waals surface area contributed by atoms with E-state index in [1.807, 2.05) is 0 Å². The fourth-order valence-electron chi connectivity index (χ4n) is 8.92. The predicted molar refractivity (Wildman–Crippen MR) is 238 cm³/mol. The molecular formula is C50H60Cl2SiZr. The van der Waals surface area contributed by atoms with Crippen LogP contribution in [0.2, 0.25) is 13.1 Å². The fraction of sp³-hybridized carbons (Fsp3) is 0.400. The van der Waals surface area contributed by atoms with Crippen LogP contribution in [0, 0.1) is 24.7 Å². The number of benzene rings is 4. The monoisotopic (exact) mass is 848 g/mol. The van der Waals surface area contributed by atoms with E-state index in [-0.39, 0.29) is 0 Å². The van der Waals surface area contributed by atoms with Crippen LogP contribution in [0.3, 0.4) is 0 Å². The van der Waals surface area contributed by atoms with Crippen molar-refractivity contribution in [2.75, 3.05) is 0 Å². The molecule has 2 fully saturated rings. The van der Waals surface area contributed by atoms with Crippen molar-refractivity contribution in [1.82, 2.24) is 0 Å². The van der Waals surface area contributed by atoms with Crippen LogP contribution in [-0.2, 0) is 33.7 Å². The van der Waals surface area contributed by atoms with Crippen molar-refractivity contribution in [2.24, 2.45) is 10.8 Å². The third-order valence-corrected chi connectivity index (χ3v) is 11.7. The topological polar surface area (TPSA) is 0 Å². The van der Waals surface area contributed by atoms with Crippen LogP contribution in [-0.4, -0.2) is 9.52 Å². The molecule has 0 atom stereocenters. The van der Waals surface area contributed by atoms with Gasteiger partial charge in [-0.05, 0) is 74.3 Å². The van der Waals surface area contributed by atoms with Gasteiger partial charge in [-0.3, -0.25) is 0 Å². The van der Waals surface area contributed by atoms with E-state index < -0.39 is 20.8 Å². The summed E-state index contributed by atoms with van der Waals surface area (Å²) in [6.45, 7) is 13.6. The maximum absolute atomic E-state index is 4.93. The van der Waals surface area contributed by atoms with E-state index in [4.69, 9.17) is 17.0 Å². The van der Waals surface area contributed by atoms with Gasteiger partial charge in [0.15, 0.2) is 0 Å². The average Bonchev–Trinajstić information content (AvgIpc) is 3.76. The second-order valence-corrected chi connectivity index (χ2v) is 21.5. The number of rotatable bonds is 6.